The second-order valence-corrected chi connectivity index (χ2v) is 7.96. The molecule has 4 aromatic rings. The Morgan fingerprint density at radius 1 is 1.39 bits per heavy atom. The molecule has 4 heterocycles. The number of aryl methyl sites for hydroxylation is 1. The van der Waals surface area contributed by atoms with Gasteiger partial charge >= 0.3 is 0 Å². The van der Waals surface area contributed by atoms with Crippen LogP contribution in [0.5, 0.6) is 0 Å². The molecule has 116 valence electrons. The number of rotatable bonds is 4. The van der Waals surface area contributed by atoms with E-state index in [0.29, 0.717) is 27.6 Å². The molecule has 0 bridgehead atoms. The summed E-state index contributed by atoms with van der Waals surface area (Å²) in [7, 11) is 0. The van der Waals surface area contributed by atoms with Crippen LogP contribution in [0.3, 0.4) is 0 Å². The number of nitrogens with zero attached hydrogens (tertiary/aromatic N) is 3. The summed E-state index contributed by atoms with van der Waals surface area (Å²) in [5.74, 6) is 1.86. The van der Waals surface area contributed by atoms with Crippen molar-refractivity contribution in [2.75, 3.05) is 0 Å². The number of hydrogen-bond acceptors (Lipinski definition) is 8. The molecule has 4 aromatic heterocycles. The van der Waals surface area contributed by atoms with Crippen LogP contribution in [0.2, 0.25) is 0 Å². The van der Waals surface area contributed by atoms with Gasteiger partial charge in [0.05, 0.1) is 17.4 Å². The third-order valence-corrected chi connectivity index (χ3v) is 5.97. The Morgan fingerprint density at radius 2 is 2.30 bits per heavy atom. The molecule has 6 nitrogen and oxygen atoms in total. The van der Waals surface area contributed by atoms with Gasteiger partial charge in [-0.25, -0.2) is 4.98 Å². The Labute approximate surface area is 142 Å². The first-order valence-electron chi connectivity index (χ1n) is 6.68. The van der Waals surface area contributed by atoms with E-state index in [1.807, 2.05) is 18.4 Å². The number of thioether (sulfide) groups is 1. The topological polar surface area (TPSA) is 84.7 Å². The first kappa shape index (κ1) is 14.6. The summed E-state index contributed by atoms with van der Waals surface area (Å²) in [6.07, 6.45) is 1.59. The second kappa shape index (κ2) is 5.91. The lowest BCUT2D eigenvalue weighted by Gasteiger charge is -1.99. The minimum Gasteiger partial charge on any atom is -0.464 e. The molecule has 0 radical (unpaired) electrons. The van der Waals surface area contributed by atoms with Gasteiger partial charge in [-0.05, 0) is 19.1 Å². The van der Waals surface area contributed by atoms with Crippen molar-refractivity contribution in [1.29, 1.82) is 0 Å². The molecule has 0 aliphatic rings. The molecule has 0 fully saturated rings. The van der Waals surface area contributed by atoms with Gasteiger partial charge < -0.3 is 9.40 Å². The number of thiophene rings is 1. The van der Waals surface area contributed by atoms with Gasteiger partial charge in [-0.3, -0.25) is 4.79 Å². The molecule has 0 aromatic carbocycles. The van der Waals surface area contributed by atoms with Crippen molar-refractivity contribution in [3.8, 4) is 11.3 Å². The highest BCUT2D eigenvalue weighted by atomic mass is 32.2. The van der Waals surface area contributed by atoms with Crippen LogP contribution in [0.15, 0.2) is 37.3 Å². The zero-order valence-electron chi connectivity index (χ0n) is 11.9. The van der Waals surface area contributed by atoms with Crippen LogP contribution in [0.4, 0.5) is 0 Å². The lowest BCUT2D eigenvalue weighted by atomic mass is 10.2. The highest BCUT2D eigenvalue weighted by Crippen LogP contribution is 2.31. The molecule has 1 N–H and O–H groups in total. The monoisotopic (exact) mass is 362 g/mol. The fourth-order valence-corrected chi connectivity index (χ4v) is 4.77. The van der Waals surface area contributed by atoms with E-state index in [2.05, 4.69) is 20.2 Å². The summed E-state index contributed by atoms with van der Waals surface area (Å²) >= 11 is 4.48. The molecule has 23 heavy (non-hydrogen) atoms. The largest absolute Gasteiger partial charge is 0.464 e. The summed E-state index contributed by atoms with van der Waals surface area (Å²) in [5.41, 5.74) is 0.634. The van der Waals surface area contributed by atoms with Crippen molar-refractivity contribution >= 4 is 44.7 Å². The van der Waals surface area contributed by atoms with Crippen molar-refractivity contribution < 1.29 is 4.42 Å². The van der Waals surface area contributed by atoms with Gasteiger partial charge in [0.2, 0.25) is 0 Å². The lowest BCUT2D eigenvalue weighted by molar-refractivity contribution is 0.583. The summed E-state index contributed by atoms with van der Waals surface area (Å²) < 4.78 is 6.26. The fourth-order valence-electron chi connectivity index (χ4n) is 2.14. The molecule has 0 unspecified atom stereocenters. The Kier molecular flexibility index (Phi) is 3.76. The number of hydrogen-bond donors (Lipinski definition) is 1. The van der Waals surface area contributed by atoms with Gasteiger partial charge in [0.15, 0.2) is 4.34 Å². The van der Waals surface area contributed by atoms with Gasteiger partial charge in [-0.1, -0.05) is 23.1 Å². The molecular weight excluding hydrogens is 352 g/mol. The molecule has 4 rings (SSSR count). The highest BCUT2D eigenvalue weighted by Gasteiger charge is 2.15. The van der Waals surface area contributed by atoms with Crippen LogP contribution in [0, 0.1) is 6.92 Å². The van der Waals surface area contributed by atoms with E-state index < -0.39 is 0 Å². The molecule has 0 saturated heterocycles. The van der Waals surface area contributed by atoms with Crippen molar-refractivity contribution in [3.05, 3.63) is 45.0 Å². The standard InChI is InChI=1S/C14H10N4O2S3/c1-7-17-18-14(23-7)22-6-10-15-12(19)11-8(5-21-13(11)16-10)9-3-2-4-20-9/h2-5H,6H2,1H3,(H,15,16,19). The predicted molar refractivity (Wildman–Crippen MR) is 92.1 cm³/mol. The van der Waals surface area contributed by atoms with E-state index in [-0.39, 0.29) is 5.56 Å². The predicted octanol–water partition coefficient (Wildman–Crippen LogP) is 3.70. The Hall–Kier alpha value is -1.97. The summed E-state index contributed by atoms with van der Waals surface area (Å²) in [4.78, 5) is 20.5. The van der Waals surface area contributed by atoms with E-state index in [0.717, 1.165) is 14.9 Å². The number of nitrogens with one attached hydrogen (secondary N) is 1. The third-order valence-electron chi connectivity index (χ3n) is 3.12. The first-order chi connectivity index (χ1) is 11.2. The summed E-state index contributed by atoms with van der Waals surface area (Å²) in [5, 5.41) is 11.4. The highest BCUT2D eigenvalue weighted by molar-refractivity contribution is 8.00. The molecule has 0 saturated carbocycles. The number of aromatic nitrogens is 4. The van der Waals surface area contributed by atoms with Crippen LogP contribution in [-0.4, -0.2) is 20.2 Å². The van der Waals surface area contributed by atoms with Crippen LogP contribution < -0.4 is 5.56 Å². The zero-order chi connectivity index (χ0) is 15.8. The molecule has 0 spiro atoms. The third kappa shape index (κ3) is 2.82. The van der Waals surface area contributed by atoms with Gasteiger partial charge in [0.25, 0.3) is 5.56 Å². The second-order valence-electron chi connectivity index (χ2n) is 4.70. The summed E-state index contributed by atoms with van der Waals surface area (Å²) in [6.45, 7) is 1.91. The van der Waals surface area contributed by atoms with E-state index in [1.54, 1.807) is 12.3 Å². The zero-order valence-corrected chi connectivity index (χ0v) is 14.3. The minimum atomic E-state index is -0.147. The number of fused-ring (bicyclic) bond motifs is 1. The number of H-pyrrole nitrogens is 1. The lowest BCUT2D eigenvalue weighted by Crippen LogP contribution is -2.10. The van der Waals surface area contributed by atoms with Crippen molar-refractivity contribution in [2.45, 2.75) is 17.0 Å². The van der Waals surface area contributed by atoms with E-state index in [1.165, 1.54) is 34.4 Å². The number of aromatic amines is 1. The maximum absolute atomic E-state index is 12.4. The Balaban J connectivity index is 1.67. The first-order valence-corrected chi connectivity index (χ1v) is 9.36. The smallest absolute Gasteiger partial charge is 0.260 e. The summed E-state index contributed by atoms with van der Waals surface area (Å²) in [6, 6.07) is 3.64. The average Bonchev–Trinajstić information content (AvgIpc) is 3.24. The fraction of sp³-hybridized carbons (Fsp3) is 0.143. The average molecular weight is 362 g/mol. The molecular formula is C14H10N4O2S3. The van der Waals surface area contributed by atoms with Gasteiger partial charge in [-0.15, -0.1) is 21.5 Å². The molecule has 9 heteroatoms. The van der Waals surface area contributed by atoms with Gasteiger partial charge in [-0.2, -0.15) is 0 Å². The van der Waals surface area contributed by atoms with Crippen molar-refractivity contribution in [1.82, 2.24) is 20.2 Å². The normalized spacial score (nSPS) is 11.3. The van der Waals surface area contributed by atoms with Gasteiger partial charge in [0.1, 0.15) is 21.4 Å². The van der Waals surface area contributed by atoms with E-state index >= 15 is 0 Å². The van der Waals surface area contributed by atoms with Crippen LogP contribution in [0.1, 0.15) is 10.8 Å². The Morgan fingerprint density at radius 3 is 3.04 bits per heavy atom. The number of furan rings is 1. The van der Waals surface area contributed by atoms with E-state index in [4.69, 9.17) is 4.42 Å². The maximum atomic E-state index is 12.4. The van der Waals surface area contributed by atoms with Crippen molar-refractivity contribution in [3.63, 3.8) is 0 Å². The quantitative estimate of drug-likeness (QED) is 0.557. The molecule has 0 aliphatic carbocycles. The minimum absolute atomic E-state index is 0.147. The van der Waals surface area contributed by atoms with E-state index in [9.17, 15) is 4.79 Å². The molecule has 0 aliphatic heterocycles. The van der Waals surface area contributed by atoms with Crippen molar-refractivity contribution in [2.24, 2.45) is 0 Å². The Bertz CT molecular complexity index is 1020. The SMILES string of the molecule is Cc1nnc(SCc2nc3scc(-c4ccco4)c3c(=O)[nH]2)s1. The maximum Gasteiger partial charge on any atom is 0.260 e. The van der Waals surface area contributed by atoms with Crippen LogP contribution in [-0.2, 0) is 5.75 Å². The van der Waals surface area contributed by atoms with Crippen LogP contribution in [0.25, 0.3) is 21.5 Å². The molecule has 0 atom stereocenters. The molecule has 0 amide bonds. The van der Waals surface area contributed by atoms with Crippen LogP contribution >= 0.6 is 34.4 Å². The van der Waals surface area contributed by atoms with Gasteiger partial charge in [0, 0.05) is 10.9 Å².